The van der Waals surface area contributed by atoms with Gasteiger partial charge in [-0.05, 0) is 48.9 Å². The molecule has 0 saturated heterocycles. The van der Waals surface area contributed by atoms with Gasteiger partial charge in [0.15, 0.2) is 11.1 Å². The predicted molar refractivity (Wildman–Crippen MR) is 251 cm³/mol. The molecule has 0 heterocycles. The molecule has 376 valence electrons. The summed E-state index contributed by atoms with van der Waals surface area (Å²) in [4.78, 5) is 63.4. The van der Waals surface area contributed by atoms with E-state index in [4.69, 9.17) is 54.1 Å². The topological polar surface area (TPSA) is 301 Å². The number of carbonyl (C=O) groups excluding carboxylic acids is 4. The third-order valence-electron chi connectivity index (χ3n) is 8.49. The van der Waals surface area contributed by atoms with Crippen molar-refractivity contribution in [3.05, 3.63) is 54.1 Å². The van der Waals surface area contributed by atoms with Gasteiger partial charge in [0.25, 0.3) is 5.91 Å². The second-order valence-corrected chi connectivity index (χ2v) is 15.4. The number of nitrogens with zero attached hydrogens (tertiary/aromatic N) is 1. The van der Waals surface area contributed by atoms with Crippen LogP contribution in [-0.4, -0.2) is 184 Å². The summed E-state index contributed by atoms with van der Waals surface area (Å²) >= 11 is 1.25. The third kappa shape index (κ3) is 33.9. The first-order chi connectivity index (χ1) is 32.5. The van der Waals surface area contributed by atoms with Crippen LogP contribution in [0, 0.1) is 0 Å². The van der Waals surface area contributed by atoms with Gasteiger partial charge >= 0.3 is 5.97 Å². The highest BCUT2D eigenvalue weighted by Crippen LogP contribution is 2.16. The van der Waals surface area contributed by atoms with Crippen molar-refractivity contribution in [3.63, 3.8) is 0 Å². The monoisotopic (exact) mass is 967 g/mol. The van der Waals surface area contributed by atoms with E-state index in [0.29, 0.717) is 142 Å². The highest BCUT2D eigenvalue weighted by atomic mass is 32.2. The Bertz CT molecular complexity index is 1710. The number of aliphatic imine (C=N–C) groups is 1. The number of carboxylic acid groups (broad SMARTS) is 1. The highest BCUT2D eigenvalue weighted by molar-refractivity contribution is 8.13. The van der Waals surface area contributed by atoms with Crippen molar-refractivity contribution in [1.82, 2.24) is 16.0 Å². The molecule has 22 nitrogen and oxygen atoms in total. The Kier molecular flexibility index (Phi) is 33.7. The SMILES string of the molecule is CC(=O)SCCOCCOCCOCCOCCOCCOCCOCCOCCC(=O)NCCCOc1ccc(NCC(CC(=O)O)NC(=O)CNC(=O)c2cccc(N=C(N)N)c2)cc1. The van der Waals surface area contributed by atoms with Crippen LogP contribution in [0.15, 0.2) is 53.5 Å². The van der Waals surface area contributed by atoms with E-state index in [1.807, 2.05) is 0 Å². The minimum Gasteiger partial charge on any atom is -0.494 e. The third-order valence-corrected chi connectivity index (χ3v) is 9.27. The van der Waals surface area contributed by atoms with Crippen molar-refractivity contribution in [2.75, 3.05) is 143 Å². The van der Waals surface area contributed by atoms with Crippen LogP contribution in [0.5, 0.6) is 5.75 Å². The average molecular weight is 968 g/mol. The van der Waals surface area contributed by atoms with Gasteiger partial charge in [-0.1, -0.05) is 17.8 Å². The van der Waals surface area contributed by atoms with Crippen LogP contribution >= 0.6 is 11.8 Å². The Morgan fingerprint density at radius 2 is 1.21 bits per heavy atom. The zero-order valence-electron chi connectivity index (χ0n) is 38.3. The quantitative estimate of drug-likeness (QED) is 0.0278. The summed E-state index contributed by atoms with van der Waals surface area (Å²) < 4.78 is 49.4. The number of rotatable bonds is 42. The molecule has 0 aliphatic heterocycles. The molecule has 1 unspecified atom stereocenters. The molecule has 9 N–H and O–H groups in total. The highest BCUT2D eigenvalue weighted by Gasteiger charge is 2.17. The van der Waals surface area contributed by atoms with Crippen molar-refractivity contribution in [3.8, 4) is 5.75 Å². The summed E-state index contributed by atoms with van der Waals surface area (Å²) in [5.41, 5.74) is 12.1. The first kappa shape index (κ1) is 58.0. The summed E-state index contributed by atoms with van der Waals surface area (Å²) in [5.74, 6) is -1.23. The number of carboxylic acids is 1. The second kappa shape index (κ2) is 38.9. The molecule has 0 aliphatic carbocycles. The zero-order chi connectivity index (χ0) is 48.6. The van der Waals surface area contributed by atoms with Crippen molar-refractivity contribution >= 4 is 57.9 Å². The molecule has 2 rings (SSSR count). The van der Waals surface area contributed by atoms with Gasteiger partial charge < -0.3 is 80.5 Å². The molecular formula is C44H69N7O15S. The van der Waals surface area contributed by atoms with Crippen LogP contribution in [0.1, 0.15) is 36.5 Å². The lowest BCUT2D eigenvalue weighted by molar-refractivity contribution is -0.137. The van der Waals surface area contributed by atoms with E-state index in [9.17, 15) is 29.1 Å². The van der Waals surface area contributed by atoms with Gasteiger partial charge in [-0.2, -0.15) is 0 Å². The molecule has 23 heteroatoms. The average Bonchev–Trinajstić information content (AvgIpc) is 3.29. The largest absolute Gasteiger partial charge is 0.494 e. The molecule has 0 radical (unpaired) electrons. The number of guanidine groups is 1. The number of hydrogen-bond donors (Lipinski definition) is 7. The van der Waals surface area contributed by atoms with E-state index < -0.39 is 23.8 Å². The number of anilines is 1. The second-order valence-electron chi connectivity index (χ2n) is 14.1. The molecule has 1 atom stereocenters. The van der Waals surface area contributed by atoms with Crippen LogP contribution in [0.25, 0.3) is 0 Å². The Morgan fingerprint density at radius 3 is 1.73 bits per heavy atom. The van der Waals surface area contributed by atoms with E-state index in [1.54, 1.807) is 36.4 Å². The van der Waals surface area contributed by atoms with Crippen molar-refractivity contribution in [2.45, 2.75) is 32.2 Å². The van der Waals surface area contributed by atoms with Crippen LogP contribution < -0.4 is 37.5 Å². The van der Waals surface area contributed by atoms with E-state index in [0.717, 1.165) is 0 Å². The number of benzene rings is 2. The summed E-state index contributed by atoms with van der Waals surface area (Å²) in [6.45, 7) is 9.14. The summed E-state index contributed by atoms with van der Waals surface area (Å²) in [6, 6.07) is 12.4. The van der Waals surface area contributed by atoms with Gasteiger partial charge in [-0.3, -0.25) is 24.0 Å². The molecule has 67 heavy (non-hydrogen) atoms. The predicted octanol–water partition coefficient (Wildman–Crippen LogP) is 1.08. The van der Waals surface area contributed by atoms with Gasteiger partial charge in [0.1, 0.15) is 5.75 Å². The molecule has 0 aromatic heterocycles. The fraction of sp³-hybridized carbons (Fsp3) is 0.591. The number of amides is 3. The van der Waals surface area contributed by atoms with Crippen molar-refractivity contribution in [1.29, 1.82) is 0 Å². The lowest BCUT2D eigenvalue weighted by atomic mass is 10.2. The number of ether oxygens (including phenoxy) is 9. The first-order valence-corrected chi connectivity index (χ1v) is 23.0. The van der Waals surface area contributed by atoms with Gasteiger partial charge in [0.05, 0.1) is 137 Å². The first-order valence-electron chi connectivity index (χ1n) is 22.0. The molecule has 0 fully saturated rings. The van der Waals surface area contributed by atoms with Gasteiger partial charge in [-0.15, -0.1) is 0 Å². The lowest BCUT2D eigenvalue weighted by Gasteiger charge is -2.19. The summed E-state index contributed by atoms with van der Waals surface area (Å²) in [7, 11) is 0. The van der Waals surface area contributed by atoms with Gasteiger partial charge in [0, 0.05) is 43.4 Å². The standard InChI is InChI=1S/C44H69N7O15S/c1-34(52)67-29-28-65-27-26-64-25-24-63-23-22-62-21-20-61-19-18-60-17-16-59-15-14-58-13-10-40(53)47-11-3-12-66-39-8-6-36(7-9-39)48-32-38(31-42(55)56)50-41(54)33-49-43(57)35-4-2-5-37(30-35)51-44(45)46/h2,4-9,30,38,48H,3,10-29,31-33H2,1H3,(H,47,53)(H,49,57)(H,50,54)(H,55,56)(H4,45,46,51). The molecule has 0 bridgehead atoms. The lowest BCUT2D eigenvalue weighted by Crippen LogP contribution is -2.45. The Labute approximate surface area is 396 Å². The minimum absolute atomic E-state index is 0.0888. The number of thioether (sulfide) groups is 1. The maximum atomic E-state index is 12.6. The summed E-state index contributed by atoms with van der Waals surface area (Å²) in [5, 5.41) is 20.5. The molecule has 2 aromatic carbocycles. The molecule has 0 aliphatic rings. The molecule has 2 aromatic rings. The Balaban J connectivity index is 1.38. The van der Waals surface area contributed by atoms with Crippen LogP contribution in [0.2, 0.25) is 0 Å². The molecular weight excluding hydrogens is 899 g/mol. The zero-order valence-corrected chi connectivity index (χ0v) is 39.2. The maximum Gasteiger partial charge on any atom is 0.305 e. The van der Waals surface area contributed by atoms with Crippen LogP contribution in [0.3, 0.4) is 0 Å². The van der Waals surface area contributed by atoms with E-state index in [2.05, 4.69) is 26.3 Å². The number of aliphatic carboxylic acids is 1. The van der Waals surface area contributed by atoms with Gasteiger partial charge in [0.2, 0.25) is 11.8 Å². The number of carbonyl (C=O) groups is 5. The smallest absolute Gasteiger partial charge is 0.305 e. The van der Waals surface area contributed by atoms with E-state index >= 15 is 0 Å². The summed E-state index contributed by atoms with van der Waals surface area (Å²) in [6.07, 6.45) is 0.464. The van der Waals surface area contributed by atoms with Crippen molar-refractivity contribution < 1.29 is 71.7 Å². The van der Waals surface area contributed by atoms with Gasteiger partial charge in [-0.25, -0.2) is 4.99 Å². The number of nitrogens with two attached hydrogens (primary N) is 2. The fourth-order valence-corrected chi connectivity index (χ4v) is 5.82. The molecule has 0 saturated carbocycles. The van der Waals surface area contributed by atoms with Crippen molar-refractivity contribution in [2.24, 2.45) is 16.5 Å². The number of nitrogens with one attached hydrogen (secondary N) is 4. The molecule has 3 amide bonds. The van der Waals surface area contributed by atoms with E-state index in [1.165, 1.54) is 30.8 Å². The van der Waals surface area contributed by atoms with E-state index in [-0.39, 0.29) is 55.1 Å². The van der Waals surface area contributed by atoms with Crippen LogP contribution in [0.4, 0.5) is 11.4 Å². The molecule has 0 spiro atoms. The minimum atomic E-state index is -1.10. The van der Waals surface area contributed by atoms with Crippen LogP contribution in [-0.2, 0) is 57.1 Å². The Morgan fingerprint density at radius 1 is 0.672 bits per heavy atom. The Hall–Kier alpha value is -5.11. The fourth-order valence-electron chi connectivity index (χ4n) is 5.33. The maximum absolute atomic E-state index is 12.6. The normalized spacial score (nSPS) is 11.4. The number of hydrogen-bond acceptors (Lipinski definition) is 17.